The summed E-state index contributed by atoms with van der Waals surface area (Å²) in [5, 5.41) is 2.52. The van der Waals surface area contributed by atoms with Crippen LogP contribution in [0.1, 0.15) is 22.8 Å². The van der Waals surface area contributed by atoms with Crippen molar-refractivity contribution in [3.05, 3.63) is 53.6 Å². The average Bonchev–Trinajstić information content (AvgIpc) is 2.70. The Kier molecular flexibility index (Phi) is 6.21. The molecule has 1 N–H and O–H groups in total. The highest BCUT2D eigenvalue weighted by Gasteiger charge is 2.26. The van der Waals surface area contributed by atoms with Crippen LogP contribution in [-0.4, -0.2) is 51.2 Å². The molecule has 0 bridgehead atoms. The van der Waals surface area contributed by atoms with E-state index in [9.17, 15) is 22.8 Å². The molecular weight excluding hydrogens is 408 g/mol. The van der Waals surface area contributed by atoms with Gasteiger partial charge in [-0.25, -0.2) is 8.42 Å². The number of amides is 2. The van der Waals surface area contributed by atoms with E-state index >= 15 is 0 Å². The molecule has 0 aliphatic carbocycles. The molecule has 8 nitrogen and oxygen atoms in total. The number of hydrogen-bond acceptors (Lipinski definition) is 6. The molecule has 1 aliphatic heterocycles. The molecule has 0 unspecified atom stereocenters. The number of likely N-dealkylation sites (N-methyl/N-ethyl adjacent to an activating group) is 1. The molecule has 0 radical (unpaired) electrons. The number of benzene rings is 2. The number of nitrogens with zero attached hydrogens (tertiary/aromatic N) is 1. The summed E-state index contributed by atoms with van der Waals surface area (Å²) in [4.78, 5) is 37.7. The van der Waals surface area contributed by atoms with Crippen molar-refractivity contribution >= 4 is 38.8 Å². The number of aryl methyl sites for hydroxylation is 1. The molecule has 0 atom stereocenters. The number of ether oxygens (including phenoxy) is 1. The van der Waals surface area contributed by atoms with Gasteiger partial charge in [0.05, 0.1) is 5.69 Å². The number of fused-ring (bicyclic) bond motifs is 1. The Morgan fingerprint density at radius 1 is 1.10 bits per heavy atom. The van der Waals surface area contributed by atoms with E-state index in [0.717, 1.165) is 12.0 Å². The molecule has 30 heavy (non-hydrogen) atoms. The van der Waals surface area contributed by atoms with Crippen LogP contribution in [0.2, 0.25) is 0 Å². The molecule has 0 spiro atoms. The maximum atomic E-state index is 12.5. The molecule has 1 heterocycles. The lowest BCUT2D eigenvalue weighted by atomic mass is 10.1. The number of carbonyl (C=O) groups is 3. The Bertz CT molecular complexity index is 1090. The molecule has 3 rings (SSSR count). The molecule has 158 valence electrons. The van der Waals surface area contributed by atoms with Gasteiger partial charge < -0.3 is 15.0 Å². The van der Waals surface area contributed by atoms with Crippen molar-refractivity contribution in [1.29, 1.82) is 0 Å². The summed E-state index contributed by atoms with van der Waals surface area (Å²) in [5.74, 6) is -2.83. The summed E-state index contributed by atoms with van der Waals surface area (Å²) < 4.78 is 30.0. The predicted molar refractivity (Wildman–Crippen MR) is 113 cm³/mol. The van der Waals surface area contributed by atoms with Gasteiger partial charge in [0.25, 0.3) is 5.91 Å². The highest BCUT2D eigenvalue weighted by Crippen LogP contribution is 2.32. The van der Waals surface area contributed by atoms with Gasteiger partial charge in [0, 0.05) is 18.3 Å². The molecule has 0 saturated heterocycles. The Labute approximate surface area is 174 Å². The van der Waals surface area contributed by atoms with Crippen LogP contribution in [0.3, 0.4) is 0 Å². The molecular formula is C21H22N2O6S. The molecule has 0 fully saturated rings. The summed E-state index contributed by atoms with van der Waals surface area (Å²) in [6, 6.07) is 11.5. The van der Waals surface area contributed by atoms with Crippen LogP contribution in [0.15, 0.2) is 42.5 Å². The number of ketones is 1. The first-order valence-electron chi connectivity index (χ1n) is 9.34. The second-order valence-electron chi connectivity index (χ2n) is 6.98. The Morgan fingerprint density at radius 2 is 1.80 bits per heavy atom. The molecule has 9 heteroatoms. The molecule has 1 aliphatic rings. The van der Waals surface area contributed by atoms with Crippen molar-refractivity contribution < 1.29 is 27.5 Å². The number of nitrogens with one attached hydrogen (secondary N) is 1. The van der Waals surface area contributed by atoms with Gasteiger partial charge in [0.15, 0.2) is 22.2 Å². The number of carbonyl (C=O) groups excluding carboxylic acids is 3. The monoisotopic (exact) mass is 430 g/mol. The minimum absolute atomic E-state index is 0.0958. The fourth-order valence-corrected chi connectivity index (χ4v) is 4.14. The van der Waals surface area contributed by atoms with E-state index in [4.69, 9.17) is 4.74 Å². The first-order valence-corrected chi connectivity index (χ1v) is 11.2. The van der Waals surface area contributed by atoms with E-state index in [1.54, 1.807) is 19.2 Å². The van der Waals surface area contributed by atoms with E-state index in [-0.39, 0.29) is 18.1 Å². The topological polar surface area (TPSA) is 110 Å². The third kappa shape index (κ3) is 5.04. The van der Waals surface area contributed by atoms with Crippen LogP contribution in [-0.2, 0) is 25.8 Å². The van der Waals surface area contributed by atoms with E-state index in [0.29, 0.717) is 17.1 Å². The lowest BCUT2D eigenvalue weighted by Gasteiger charge is -2.26. The number of rotatable bonds is 7. The number of hydrogen-bond donors (Lipinski definition) is 1. The molecule has 2 amide bonds. The van der Waals surface area contributed by atoms with Gasteiger partial charge in [-0.15, -0.1) is 0 Å². The van der Waals surface area contributed by atoms with Crippen LogP contribution in [0.4, 0.5) is 11.4 Å². The molecule has 2 aromatic carbocycles. The molecule has 0 saturated carbocycles. The second-order valence-corrected chi connectivity index (χ2v) is 9.04. The zero-order valence-electron chi connectivity index (χ0n) is 16.7. The lowest BCUT2D eigenvalue weighted by Crippen LogP contribution is -2.35. The third-order valence-corrected chi connectivity index (χ3v) is 6.12. The van der Waals surface area contributed by atoms with Crippen LogP contribution in [0, 0.1) is 0 Å². The smallest absolute Gasteiger partial charge is 0.264 e. The Balaban J connectivity index is 1.65. The van der Waals surface area contributed by atoms with Gasteiger partial charge in [-0.05, 0) is 42.3 Å². The maximum absolute atomic E-state index is 12.5. The summed E-state index contributed by atoms with van der Waals surface area (Å²) in [6.45, 7) is 1.91. The van der Waals surface area contributed by atoms with Gasteiger partial charge in [0.2, 0.25) is 5.91 Å². The number of Topliss-reactive ketones (excluding diaryl/α,β-unsaturated/α-hetero) is 1. The standard InChI is InChI=1S/C21H22N2O6S/c1-3-14-4-7-16(8-5-14)22-20(25)13-30(27,28)12-18(24)15-6-9-19-17(10-15)23(2)21(26)11-29-19/h4-10H,3,11-13H2,1-2H3,(H,22,25). The van der Waals surface area contributed by atoms with Crippen molar-refractivity contribution in [2.75, 3.05) is 35.4 Å². The highest BCUT2D eigenvalue weighted by atomic mass is 32.2. The summed E-state index contributed by atoms with van der Waals surface area (Å²) in [7, 11) is -2.43. The van der Waals surface area contributed by atoms with Gasteiger partial charge >= 0.3 is 0 Å². The van der Waals surface area contributed by atoms with Crippen LogP contribution in [0.5, 0.6) is 5.75 Å². The zero-order chi connectivity index (χ0) is 21.9. The third-order valence-electron chi connectivity index (χ3n) is 4.72. The SMILES string of the molecule is CCc1ccc(NC(=O)CS(=O)(=O)CC(=O)c2ccc3c(c2)N(C)C(=O)CO3)cc1. The predicted octanol–water partition coefficient (Wildman–Crippen LogP) is 1.84. The van der Waals surface area contributed by atoms with Crippen molar-refractivity contribution in [3.8, 4) is 5.75 Å². The first-order chi connectivity index (χ1) is 14.2. The normalized spacial score (nSPS) is 13.4. The fourth-order valence-electron chi connectivity index (χ4n) is 3.00. The van der Waals surface area contributed by atoms with E-state index in [2.05, 4.69) is 5.32 Å². The largest absolute Gasteiger partial charge is 0.482 e. The highest BCUT2D eigenvalue weighted by molar-refractivity contribution is 7.92. The summed E-state index contributed by atoms with van der Waals surface area (Å²) >= 11 is 0. The quantitative estimate of drug-likeness (QED) is 0.671. The van der Waals surface area contributed by atoms with E-state index < -0.39 is 33.0 Å². The van der Waals surface area contributed by atoms with Gasteiger partial charge in [0.1, 0.15) is 17.3 Å². The van der Waals surface area contributed by atoms with Crippen molar-refractivity contribution in [2.45, 2.75) is 13.3 Å². The minimum atomic E-state index is -3.98. The van der Waals surface area contributed by atoms with Gasteiger partial charge in [-0.3, -0.25) is 14.4 Å². The van der Waals surface area contributed by atoms with E-state index in [1.807, 2.05) is 19.1 Å². The minimum Gasteiger partial charge on any atom is -0.482 e. The fraction of sp³-hybridized carbons (Fsp3) is 0.286. The molecule has 2 aromatic rings. The summed E-state index contributed by atoms with van der Waals surface area (Å²) in [5.41, 5.74) is 2.09. The van der Waals surface area contributed by atoms with Gasteiger partial charge in [-0.1, -0.05) is 19.1 Å². The molecule has 0 aromatic heterocycles. The Morgan fingerprint density at radius 3 is 2.47 bits per heavy atom. The second kappa shape index (κ2) is 8.66. The number of sulfone groups is 1. The lowest BCUT2D eigenvalue weighted by molar-refractivity contribution is -0.121. The zero-order valence-corrected chi connectivity index (χ0v) is 17.5. The number of anilines is 2. The van der Waals surface area contributed by atoms with Crippen molar-refractivity contribution in [1.82, 2.24) is 0 Å². The van der Waals surface area contributed by atoms with Crippen LogP contribution < -0.4 is 15.0 Å². The average molecular weight is 430 g/mol. The van der Waals surface area contributed by atoms with E-state index in [1.165, 1.54) is 23.1 Å². The first kappa shape index (κ1) is 21.5. The van der Waals surface area contributed by atoms with Crippen LogP contribution >= 0.6 is 0 Å². The van der Waals surface area contributed by atoms with Crippen LogP contribution in [0.25, 0.3) is 0 Å². The summed E-state index contributed by atoms with van der Waals surface area (Å²) in [6.07, 6.45) is 0.851. The van der Waals surface area contributed by atoms with Gasteiger partial charge in [-0.2, -0.15) is 0 Å². The maximum Gasteiger partial charge on any atom is 0.264 e. The van der Waals surface area contributed by atoms with Crippen molar-refractivity contribution in [2.24, 2.45) is 0 Å². The van der Waals surface area contributed by atoms with Crippen molar-refractivity contribution in [3.63, 3.8) is 0 Å². The Hall–Kier alpha value is -3.20.